The summed E-state index contributed by atoms with van der Waals surface area (Å²) in [4.78, 5) is 0. The first kappa shape index (κ1) is 11.4. The molecule has 0 amide bonds. The largest absolute Gasteiger partial charge is 0.327 e. The van der Waals surface area contributed by atoms with Crippen LogP contribution in [0.1, 0.15) is 46.0 Å². The van der Waals surface area contributed by atoms with Gasteiger partial charge in [-0.15, -0.1) is 0 Å². The second kappa shape index (κ2) is 5.92. The first-order valence-electron chi connectivity index (χ1n) is 5.61. The predicted molar refractivity (Wildman–Crippen MR) is 62.1 cm³/mol. The third-order valence-corrected chi connectivity index (χ3v) is 4.56. The molecule has 78 valence electrons. The van der Waals surface area contributed by atoms with Gasteiger partial charge >= 0.3 is 0 Å². The van der Waals surface area contributed by atoms with Gasteiger partial charge in [0.15, 0.2) is 0 Å². The molecule has 0 radical (unpaired) electrons. The van der Waals surface area contributed by atoms with Gasteiger partial charge in [0.25, 0.3) is 0 Å². The molecule has 1 rings (SSSR count). The summed E-state index contributed by atoms with van der Waals surface area (Å²) in [5.74, 6) is 2.14. The van der Waals surface area contributed by atoms with E-state index >= 15 is 0 Å². The van der Waals surface area contributed by atoms with Crippen LogP contribution in [0.15, 0.2) is 0 Å². The average molecular weight is 201 g/mol. The molecule has 2 heteroatoms. The molecule has 1 fully saturated rings. The number of nitrogens with two attached hydrogens (primary N) is 1. The van der Waals surface area contributed by atoms with Crippen molar-refractivity contribution in [2.24, 2.45) is 11.7 Å². The maximum absolute atomic E-state index is 6.02. The molecule has 1 nitrogen and oxygen atoms in total. The van der Waals surface area contributed by atoms with Crippen LogP contribution in [0.25, 0.3) is 0 Å². The van der Waals surface area contributed by atoms with Crippen LogP contribution in [0.3, 0.4) is 0 Å². The summed E-state index contributed by atoms with van der Waals surface area (Å²) in [6.07, 6.45) is 6.64. The van der Waals surface area contributed by atoms with E-state index in [0.29, 0.717) is 6.04 Å². The molecular weight excluding hydrogens is 178 g/mol. The van der Waals surface area contributed by atoms with Crippen LogP contribution in [-0.2, 0) is 0 Å². The summed E-state index contributed by atoms with van der Waals surface area (Å²) in [5.41, 5.74) is 6.02. The van der Waals surface area contributed by atoms with Crippen molar-refractivity contribution in [2.75, 3.05) is 5.75 Å². The molecule has 0 aromatic heterocycles. The summed E-state index contributed by atoms with van der Waals surface area (Å²) in [5, 5.41) is 0.831. The Morgan fingerprint density at radius 1 is 1.46 bits per heavy atom. The highest BCUT2D eigenvalue weighted by molar-refractivity contribution is 7.99. The van der Waals surface area contributed by atoms with Gasteiger partial charge in [-0.25, -0.2) is 0 Å². The maximum atomic E-state index is 6.02. The van der Waals surface area contributed by atoms with E-state index in [9.17, 15) is 0 Å². The molecule has 1 saturated carbocycles. The van der Waals surface area contributed by atoms with Crippen molar-refractivity contribution in [3.8, 4) is 0 Å². The highest BCUT2D eigenvalue weighted by Crippen LogP contribution is 2.28. The summed E-state index contributed by atoms with van der Waals surface area (Å²) >= 11 is 2.11. The van der Waals surface area contributed by atoms with E-state index in [-0.39, 0.29) is 0 Å². The monoisotopic (exact) mass is 201 g/mol. The summed E-state index contributed by atoms with van der Waals surface area (Å²) < 4.78 is 0. The second-order valence-corrected chi connectivity index (χ2v) is 5.78. The van der Waals surface area contributed by atoms with Gasteiger partial charge in [0.05, 0.1) is 0 Å². The summed E-state index contributed by atoms with van der Waals surface area (Å²) in [7, 11) is 0. The van der Waals surface area contributed by atoms with Crippen molar-refractivity contribution in [1.82, 2.24) is 0 Å². The van der Waals surface area contributed by atoms with Crippen molar-refractivity contribution >= 4 is 11.8 Å². The highest BCUT2D eigenvalue weighted by Gasteiger charge is 2.23. The lowest BCUT2D eigenvalue weighted by atomic mass is 10.0. The molecule has 0 bridgehead atoms. The molecule has 0 aliphatic heterocycles. The fourth-order valence-corrected chi connectivity index (χ4v) is 3.04. The first-order chi connectivity index (χ1) is 6.24. The Bertz CT molecular complexity index is 138. The van der Waals surface area contributed by atoms with Crippen LogP contribution in [0, 0.1) is 5.92 Å². The number of hydrogen-bond acceptors (Lipinski definition) is 2. The zero-order valence-electron chi connectivity index (χ0n) is 8.96. The normalized spacial score (nSPS) is 30.7. The van der Waals surface area contributed by atoms with E-state index in [1.165, 1.54) is 37.9 Å². The molecule has 0 heterocycles. The Labute approximate surface area is 86.8 Å². The third kappa shape index (κ3) is 3.90. The lowest BCUT2D eigenvalue weighted by Gasteiger charge is -2.15. The van der Waals surface area contributed by atoms with Gasteiger partial charge in [-0.2, -0.15) is 11.8 Å². The van der Waals surface area contributed by atoms with Crippen molar-refractivity contribution < 1.29 is 0 Å². The standard InChI is InChI=1S/C11H23NS/c1-3-9(2)13-8-7-10-5-4-6-11(10)12/h9-11H,3-8,12H2,1-2H3. The Morgan fingerprint density at radius 2 is 2.23 bits per heavy atom. The lowest BCUT2D eigenvalue weighted by molar-refractivity contribution is 0.470. The molecule has 0 spiro atoms. The van der Waals surface area contributed by atoms with E-state index in [1.807, 2.05) is 0 Å². The fraction of sp³-hybridized carbons (Fsp3) is 1.00. The van der Waals surface area contributed by atoms with Gasteiger partial charge in [-0.05, 0) is 37.4 Å². The molecule has 0 aromatic rings. The van der Waals surface area contributed by atoms with Gasteiger partial charge < -0.3 is 5.73 Å². The Hall–Kier alpha value is 0.310. The molecule has 3 atom stereocenters. The Balaban J connectivity index is 2.05. The van der Waals surface area contributed by atoms with Crippen LogP contribution in [0.2, 0.25) is 0 Å². The second-order valence-electron chi connectivity index (χ2n) is 4.23. The number of thioether (sulfide) groups is 1. The van der Waals surface area contributed by atoms with E-state index in [4.69, 9.17) is 5.73 Å². The Kier molecular flexibility index (Phi) is 5.18. The fourth-order valence-electron chi connectivity index (χ4n) is 1.96. The SMILES string of the molecule is CCC(C)SCCC1CCCC1N. The van der Waals surface area contributed by atoms with Crippen molar-refractivity contribution in [2.45, 2.75) is 57.2 Å². The van der Waals surface area contributed by atoms with Crippen molar-refractivity contribution in [3.05, 3.63) is 0 Å². The van der Waals surface area contributed by atoms with Crippen molar-refractivity contribution in [3.63, 3.8) is 0 Å². The van der Waals surface area contributed by atoms with Crippen LogP contribution in [0.4, 0.5) is 0 Å². The molecule has 0 aromatic carbocycles. The van der Waals surface area contributed by atoms with E-state index < -0.39 is 0 Å². The van der Waals surface area contributed by atoms with E-state index in [0.717, 1.165) is 11.2 Å². The molecule has 3 unspecified atom stereocenters. The van der Waals surface area contributed by atoms with E-state index in [2.05, 4.69) is 25.6 Å². The Morgan fingerprint density at radius 3 is 2.77 bits per heavy atom. The van der Waals surface area contributed by atoms with Crippen LogP contribution < -0.4 is 5.73 Å². The van der Waals surface area contributed by atoms with Gasteiger partial charge in [-0.1, -0.05) is 20.3 Å². The molecule has 1 aliphatic carbocycles. The molecule has 1 aliphatic rings. The maximum Gasteiger partial charge on any atom is 0.00674 e. The molecule has 13 heavy (non-hydrogen) atoms. The van der Waals surface area contributed by atoms with Gasteiger partial charge in [-0.3, -0.25) is 0 Å². The minimum absolute atomic E-state index is 0.512. The van der Waals surface area contributed by atoms with Gasteiger partial charge in [0, 0.05) is 11.3 Å². The number of hydrogen-bond donors (Lipinski definition) is 1. The average Bonchev–Trinajstić information content (AvgIpc) is 2.52. The first-order valence-corrected chi connectivity index (χ1v) is 6.66. The van der Waals surface area contributed by atoms with Crippen molar-refractivity contribution in [1.29, 1.82) is 0 Å². The smallest absolute Gasteiger partial charge is 0.00674 e. The van der Waals surface area contributed by atoms with Gasteiger partial charge in [0.2, 0.25) is 0 Å². The minimum Gasteiger partial charge on any atom is -0.327 e. The van der Waals surface area contributed by atoms with Crippen LogP contribution in [-0.4, -0.2) is 17.0 Å². The lowest BCUT2D eigenvalue weighted by Crippen LogP contribution is -2.24. The van der Waals surface area contributed by atoms with E-state index in [1.54, 1.807) is 0 Å². The van der Waals surface area contributed by atoms with Gasteiger partial charge in [0.1, 0.15) is 0 Å². The third-order valence-electron chi connectivity index (χ3n) is 3.18. The number of rotatable bonds is 5. The quantitative estimate of drug-likeness (QED) is 0.740. The topological polar surface area (TPSA) is 26.0 Å². The zero-order chi connectivity index (χ0) is 9.68. The van der Waals surface area contributed by atoms with Crippen LogP contribution in [0.5, 0.6) is 0 Å². The molecule has 0 saturated heterocycles. The highest BCUT2D eigenvalue weighted by atomic mass is 32.2. The van der Waals surface area contributed by atoms with Crippen LogP contribution >= 0.6 is 11.8 Å². The zero-order valence-corrected chi connectivity index (χ0v) is 9.78. The summed E-state index contributed by atoms with van der Waals surface area (Å²) in [6.45, 7) is 4.58. The minimum atomic E-state index is 0.512. The summed E-state index contributed by atoms with van der Waals surface area (Å²) in [6, 6.07) is 0.512. The predicted octanol–water partition coefficient (Wildman–Crippen LogP) is 3.04. The molecule has 2 N–H and O–H groups in total. The molecular formula is C11H23NS.